The molecule has 0 aliphatic heterocycles. The predicted molar refractivity (Wildman–Crippen MR) is 72.9 cm³/mol. The van der Waals surface area contributed by atoms with Crippen molar-refractivity contribution in [1.29, 1.82) is 0 Å². The van der Waals surface area contributed by atoms with Crippen LogP contribution in [0.3, 0.4) is 0 Å². The summed E-state index contributed by atoms with van der Waals surface area (Å²) in [4.78, 5) is 0. The van der Waals surface area contributed by atoms with E-state index in [1.54, 1.807) is 0 Å². The minimum atomic E-state index is 0.0864. The first-order valence-corrected chi connectivity index (χ1v) is 6.18. The number of nitrogens with two attached hydrogens (primary N) is 1. The Kier molecular flexibility index (Phi) is 3.94. The fourth-order valence-electron chi connectivity index (χ4n) is 1.99. The number of hydrogen-bond donors (Lipinski definition) is 1. The minimum Gasteiger partial charge on any atom is -0.324 e. The van der Waals surface area contributed by atoms with Crippen LogP contribution < -0.4 is 5.73 Å². The van der Waals surface area contributed by atoms with Gasteiger partial charge in [0.1, 0.15) is 0 Å². The average Bonchev–Trinajstić information content (AvgIpc) is 2.40. The molecule has 2 aromatic carbocycles. The predicted octanol–water partition coefficient (Wildman–Crippen LogP) is 3.49. The van der Waals surface area contributed by atoms with E-state index in [1.807, 2.05) is 6.07 Å². The Labute approximate surface area is 103 Å². The fourth-order valence-corrected chi connectivity index (χ4v) is 1.99. The largest absolute Gasteiger partial charge is 0.324 e. The van der Waals surface area contributed by atoms with Crippen LogP contribution in [-0.2, 0) is 12.8 Å². The van der Waals surface area contributed by atoms with Crippen molar-refractivity contribution in [2.45, 2.75) is 25.8 Å². The third kappa shape index (κ3) is 3.18. The highest BCUT2D eigenvalue weighted by molar-refractivity contribution is 5.27. The maximum Gasteiger partial charge on any atom is 0.0335 e. The molecule has 1 atom stereocenters. The molecule has 2 rings (SSSR count). The number of aryl methyl sites for hydroxylation is 1. The fraction of sp³-hybridized carbons (Fsp3) is 0.250. The zero-order chi connectivity index (χ0) is 12.1. The first-order valence-electron chi connectivity index (χ1n) is 6.18. The normalized spacial score (nSPS) is 12.4. The molecule has 0 aliphatic carbocycles. The van der Waals surface area contributed by atoms with Crippen molar-refractivity contribution in [3.8, 4) is 0 Å². The Bertz CT molecular complexity index is 445. The Balaban J connectivity index is 2.06. The lowest BCUT2D eigenvalue weighted by Gasteiger charge is -2.12. The van der Waals surface area contributed by atoms with Gasteiger partial charge in [0, 0.05) is 6.04 Å². The summed E-state index contributed by atoms with van der Waals surface area (Å²) in [6.07, 6.45) is 1.97. The molecule has 0 aromatic heterocycles. The Hall–Kier alpha value is -1.60. The van der Waals surface area contributed by atoms with Crippen LogP contribution in [0, 0.1) is 0 Å². The van der Waals surface area contributed by atoms with Crippen LogP contribution in [0.1, 0.15) is 29.7 Å². The van der Waals surface area contributed by atoms with Crippen molar-refractivity contribution >= 4 is 0 Å². The second-order valence-electron chi connectivity index (χ2n) is 4.39. The van der Waals surface area contributed by atoms with Gasteiger partial charge in [-0.25, -0.2) is 0 Å². The summed E-state index contributed by atoms with van der Waals surface area (Å²) in [5, 5.41) is 0. The standard InChI is InChI=1S/C16H19N/c1-2-13-8-10-15(11-9-13)16(17)12-14-6-4-3-5-7-14/h3-11,16H,2,12,17H2,1H3. The topological polar surface area (TPSA) is 26.0 Å². The molecule has 0 radical (unpaired) electrons. The van der Waals surface area contributed by atoms with Crippen molar-refractivity contribution in [3.05, 3.63) is 71.3 Å². The highest BCUT2D eigenvalue weighted by Crippen LogP contribution is 2.16. The highest BCUT2D eigenvalue weighted by atomic mass is 14.6. The van der Waals surface area contributed by atoms with Crippen LogP contribution in [-0.4, -0.2) is 0 Å². The molecule has 0 amide bonds. The first-order chi connectivity index (χ1) is 8.29. The van der Waals surface area contributed by atoms with Gasteiger partial charge in [-0.05, 0) is 29.5 Å². The van der Waals surface area contributed by atoms with Gasteiger partial charge in [-0.2, -0.15) is 0 Å². The number of rotatable bonds is 4. The molecule has 1 nitrogen and oxygen atoms in total. The maximum atomic E-state index is 6.22. The van der Waals surface area contributed by atoms with E-state index in [1.165, 1.54) is 16.7 Å². The van der Waals surface area contributed by atoms with E-state index in [9.17, 15) is 0 Å². The van der Waals surface area contributed by atoms with Crippen LogP contribution in [0.25, 0.3) is 0 Å². The summed E-state index contributed by atoms with van der Waals surface area (Å²) in [6, 6.07) is 19.1. The van der Waals surface area contributed by atoms with E-state index in [-0.39, 0.29) is 6.04 Å². The van der Waals surface area contributed by atoms with Crippen molar-refractivity contribution in [1.82, 2.24) is 0 Å². The van der Waals surface area contributed by atoms with Gasteiger partial charge in [-0.1, -0.05) is 61.5 Å². The molecule has 17 heavy (non-hydrogen) atoms. The third-order valence-electron chi connectivity index (χ3n) is 3.11. The molecule has 1 heteroatoms. The summed E-state index contributed by atoms with van der Waals surface area (Å²) in [6.45, 7) is 2.17. The molecule has 1 unspecified atom stereocenters. The highest BCUT2D eigenvalue weighted by Gasteiger charge is 2.06. The lowest BCUT2D eigenvalue weighted by atomic mass is 9.98. The molecule has 0 saturated heterocycles. The summed E-state index contributed by atoms with van der Waals surface area (Å²) in [5.74, 6) is 0. The molecule has 2 N–H and O–H groups in total. The van der Waals surface area contributed by atoms with Crippen LogP contribution in [0.15, 0.2) is 54.6 Å². The number of hydrogen-bond acceptors (Lipinski definition) is 1. The van der Waals surface area contributed by atoms with E-state index < -0.39 is 0 Å². The second-order valence-corrected chi connectivity index (χ2v) is 4.39. The summed E-state index contributed by atoms with van der Waals surface area (Å²) < 4.78 is 0. The Morgan fingerprint density at radius 3 is 2.12 bits per heavy atom. The summed E-state index contributed by atoms with van der Waals surface area (Å²) in [5.41, 5.74) is 10.1. The molecule has 0 aliphatic rings. The van der Waals surface area contributed by atoms with Crippen LogP contribution in [0.4, 0.5) is 0 Å². The first kappa shape index (κ1) is 11.9. The lowest BCUT2D eigenvalue weighted by molar-refractivity contribution is 0.721. The minimum absolute atomic E-state index is 0.0864. The van der Waals surface area contributed by atoms with Crippen LogP contribution in [0.2, 0.25) is 0 Å². The lowest BCUT2D eigenvalue weighted by Crippen LogP contribution is -2.13. The van der Waals surface area contributed by atoms with E-state index in [0.29, 0.717) is 0 Å². The molecule has 0 spiro atoms. The molecule has 2 aromatic rings. The molecule has 0 fully saturated rings. The number of benzene rings is 2. The second kappa shape index (κ2) is 5.65. The van der Waals surface area contributed by atoms with Gasteiger partial charge in [0.25, 0.3) is 0 Å². The van der Waals surface area contributed by atoms with Crippen molar-refractivity contribution < 1.29 is 0 Å². The van der Waals surface area contributed by atoms with Crippen LogP contribution >= 0.6 is 0 Å². The molecule has 0 saturated carbocycles. The van der Waals surface area contributed by atoms with Gasteiger partial charge in [0.2, 0.25) is 0 Å². The summed E-state index contributed by atoms with van der Waals surface area (Å²) >= 11 is 0. The van der Waals surface area contributed by atoms with Crippen molar-refractivity contribution in [3.63, 3.8) is 0 Å². The zero-order valence-electron chi connectivity index (χ0n) is 10.3. The van der Waals surface area contributed by atoms with E-state index in [4.69, 9.17) is 5.73 Å². The van der Waals surface area contributed by atoms with Gasteiger partial charge in [-0.3, -0.25) is 0 Å². The quantitative estimate of drug-likeness (QED) is 0.847. The molecule has 0 heterocycles. The van der Waals surface area contributed by atoms with E-state index in [2.05, 4.69) is 55.5 Å². The van der Waals surface area contributed by atoms with Gasteiger partial charge in [0.15, 0.2) is 0 Å². The maximum absolute atomic E-state index is 6.22. The van der Waals surface area contributed by atoms with Gasteiger partial charge in [0.05, 0.1) is 0 Å². The molecular formula is C16H19N. The average molecular weight is 225 g/mol. The monoisotopic (exact) mass is 225 g/mol. The van der Waals surface area contributed by atoms with Crippen molar-refractivity contribution in [2.75, 3.05) is 0 Å². The van der Waals surface area contributed by atoms with Gasteiger partial charge in [-0.15, -0.1) is 0 Å². The Morgan fingerprint density at radius 1 is 0.882 bits per heavy atom. The molecular weight excluding hydrogens is 206 g/mol. The summed E-state index contributed by atoms with van der Waals surface area (Å²) in [7, 11) is 0. The SMILES string of the molecule is CCc1ccc(C(N)Cc2ccccc2)cc1. The van der Waals surface area contributed by atoms with Crippen molar-refractivity contribution in [2.24, 2.45) is 5.73 Å². The molecule has 88 valence electrons. The molecule has 0 bridgehead atoms. The van der Waals surface area contributed by atoms with Crippen LogP contribution in [0.5, 0.6) is 0 Å². The Morgan fingerprint density at radius 2 is 1.53 bits per heavy atom. The smallest absolute Gasteiger partial charge is 0.0335 e. The van der Waals surface area contributed by atoms with E-state index in [0.717, 1.165) is 12.8 Å². The zero-order valence-corrected chi connectivity index (χ0v) is 10.3. The van der Waals surface area contributed by atoms with Gasteiger partial charge >= 0.3 is 0 Å². The third-order valence-corrected chi connectivity index (χ3v) is 3.11. The van der Waals surface area contributed by atoms with E-state index >= 15 is 0 Å². The van der Waals surface area contributed by atoms with Gasteiger partial charge < -0.3 is 5.73 Å².